The first-order chi connectivity index (χ1) is 15.2. The molecule has 0 amide bonds. The van der Waals surface area contributed by atoms with Crippen molar-refractivity contribution in [1.82, 2.24) is 0 Å². The first-order valence-corrected chi connectivity index (χ1v) is 11.3. The molecule has 4 atom stereocenters. The summed E-state index contributed by atoms with van der Waals surface area (Å²) >= 11 is 0. The highest BCUT2D eigenvalue weighted by molar-refractivity contribution is 5.86. The van der Waals surface area contributed by atoms with Crippen LogP contribution >= 0.6 is 0 Å². The molecule has 0 saturated heterocycles. The van der Waals surface area contributed by atoms with Gasteiger partial charge >= 0.3 is 6.18 Å². The molecule has 2 aliphatic rings. The lowest BCUT2D eigenvalue weighted by atomic mass is 9.61. The molecule has 170 valence electrons. The number of hydrogen-bond donors (Lipinski definition) is 0. The normalized spacial score (nSPS) is 27.1. The molecule has 2 aromatic carbocycles. The van der Waals surface area contributed by atoms with Gasteiger partial charge in [0.2, 0.25) is 0 Å². The van der Waals surface area contributed by atoms with Gasteiger partial charge in [-0.2, -0.15) is 13.2 Å². The van der Waals surface area contributed by atoms with Crippen LogP contribution in [-0.2, 0) is 6.18 Å². The second kappa shape index (κ2) is 8.76. The van der Waals surface area contributed by atoms with Gasteiger partial charge in [0, 0.05) is 5.56 Å². The number of allylic oxidation sites excluding steroid dienone is 1. The van der Waals surface area contributed by atoms with E-state index < -0.39 is 11.7 Å². The van der Waals surface area contributed by atoms with Crippen molar-refractivity contribution < 1.29 is 22.7 Å². The lowest BCUT2D eigenvalue weighted by molar-refractivity contribution is -0.137. The first kappa shape index (κ1) is 22.6. The summed E-state index contributed by atoms with van der Waals surface area (Å²) < 4.78 is 46.6. The van der Waals surface area contributed by atoms with Gasteiger partial charge in [0.15, 0.2) is 6.29 Å². The molecule has 2 fully saturated rings. The molecule has 32 heavy (non-hydrogen) atoms. The Balaban J connectivity index is 1.95. The number of aldehydes is 1. The summed E-state index contributed by atoms with van der Waals surface area (Å²) in [7, 11) is 1.59. The average molecular weight is 443 g/mol. The number of carbonyl (C=O) groups is 1. The number of halogens is 3. The van der Waals surface area contributed by atoms with Gasteiger partial charge < -0.3 is 4.74 Å². The van der Waals surface area contributed by atoms with Crippen molar-refractivity contribution in [2.75, 3.05) is 7.11 Å². The molecule has 0 spiro atoms. The maximum absolute atomic E-state index is 13.8. The Labute approximate surface area is 187 Å². The molecule has 2 aromatic rings. The summed E-state index contributed by atoms with van der Waals surface area (Å²) in [6, 6.07) is 11.7. The third-order valence-electron chi connectivity index (χ3n) is 7.14. The Hall–Kier alpha value is -2.56. The second-order valence-electron chi connectivity index (χ2n) is 9.49. The van der Waals surface area contributed by atoms with Crippen LogP contribution in [0.1, 0.15) is 66.6 Å². The van der Waals surface area contributed by atoms with Crippen LogP contribution in [0.3, 0.4) is 0 Å². The van der Waals surface area contributed by atoms with Crippen molar-refractivity contribution in [3.63, 3.8) is 0 Å². The van der Waals surface area contributed by atoms with Crippen molar-refractivity contribution in [3.05, 3.63) is 70.3 Å². The number of alkyl halides is 3. The molecular formula is C27H29F3O2. The minimum absolute atomic E-state index is 0.281. The van der Waals surface area contributed by atoms with Gasteiger partial charge in [0.05, 0.1) is 12.7 Å². The standard InChI is InChI=1S/C27H29F3O2/c1-16-10-18-12-17(2)25(22(11-16)13-18)26(19-6-8-23(32-3)9-7-19)20-4-5-21(15-31)24(14-20)27(28,29)30/h4-9,14-18,22H,10-13H2,1-3H3/b26-25+. The monoisotopic (exact) mass is 442 g/mol. The van der Waals surface area contributed by atoms with E-state index >= 15 is 0 Å². The van der Waals surface area contributed by atoms with Crippen LogP contribution in [0.5, 0.6) is 5.75 Å². The number of carbonyl (C=O) groups excluding carboxylic acids is 1. The molecule has 2 aliphatic carbocycles. The van der Waals surface area contributed by atoms with Gasteiger partial charge in [0.1, 0.15) is 5.75 Å². The van der Waals surface area contributed by atoms with E-state index in [4.69, 9.17) is 4.74 Å². The molecule has 2 saturated carbocycles. The van der Waals surface area contributed by atoms with Crippen LogP contribution in [-0.4, -0.2) is 13.4 Å². The quantitative estimate of drug-likeness (QED) is 0.461. The van der Waals surface area contributed by atoms with Crippen LogP contribution < -0.4 is 4.74 Å². The SMILES string of the molecule is COc1ccc(/C(=C2/C(C)CC3CC(C)CC2C3)c2ccc(C=O)c(C(F)(F)F)c2)cc1. The number of fused-ring (bicyclic) bond motifs is 2. The highest BCUT2D eigenvalue weighted by Gasteiger charge is 2.39. The van der Waals surface area contributed by atoms with Crippen molar-refractivity contribution in [1.29, 1.82) is 0 Å². The smallest absolute Gasteiger partial charge is 0.417 e. The number of benzene rings is 2. The van der Waals surface area contributed by atoms with E-state index in [0.29, 0.717) is 35.0 Å². The van der Waals surface area contributed by atoms with Crippen molar-refractivity contribution in [2.45, 2.75) is 45.7 Å². The molecule has 0 aliphatic heterocycles. The summed E-state index contributed by atoms with van der Waals surface area (Å²) in [4.78, 5) is 11.3. The summed E-state index contributed by atoms with van der Waals surface area (Å²) in [6.07, 6.45) is 0.150. The molecule has 2 bridgehead atoms. The van der Waals surface area contributed by atoms with Gasteiger partial charge in [-0.3, -0.25) is 4.79 Å². The van der Waals surface area contributed by atoms with Crippen molar-refractivity contribution in [3.8, 4) is 5.75 Å². The third kappa shape index (κ3) is 4.35. The number of rotatable bonds is 4. The molecule has 2 nitrogen and oxygen atoms in total. The van der Waals surface area contributed by atoms with E-state index in [1.54, 1.807) is 13.2 Å². The zero-order chi connectivity index (χ0) is 23.0. The first-order valence-electron chi connectivity index (χ1n) is 11.3. The maximum Gasteiger partial charge on any atom is 0.417 e. The fourth-order valence-corrected chi connectivity index (χ4v) is 5.99. The zero-order valence-electron chi connectivity index (χ0n) is 18.7. The molecular weight excluding hydrogens is 413 g/mol. The maximum atomic E-state index is 13.8. The van der Waals surface area contributed by atoms with Gasteiger partial charge in [-0.05, 0) is 84.3 Å². The lowest BCUT2D eigenvalue weighted by Gasteiger charge is -2.44. The third-order valence-corrected chi connectivity index (χ3v) is 7.14. The molecule has 5 heteroatoms. The Morgan fingerprint density at radius 3 is 2.28 bits per heavy atom. The largest absolute Gasteiger partial charge is 0.497 e. The predicted octanol–water partition coefficient (Wildman–Crippen LogP) is 7.42. The molecule has 0 heterocycles. The topological polar surface area (TPSA) is 26.3 Å². The molecule has 0 radical (unpaired) electrons. The molecule has 0 aromatic heterocycles. The van der Waals surface area contributed by atoms with Gasteiger partial charge in [0.25, 0.3) is 0 Å². The van der Waals surface area contributed by atoms with Gasteiger partial charge in [-0.1, -0.05) is 43.7 Å². The fourth-order valence-electron chi connectivity index (χ4n) is 5.99. The molecule has 4 unspecified atom stereocenters. The molecule has 0 N–H and O–H groups in total. The second-order valence-corrected chi connectivity index (χ2v) is 9.49. The number of hydrogen-bond acceptors (Lipinski definition) is 2. The minimum atomic E-state index is -4.59. The Morgan fingerprint density at radius 2 is 1.66 bits per heavy atom. The summed E-state index contributed by atoms with van der Waals surface area (Å²) in [5.74, 6) is 2.66. The Morgan fingerprint density at radius 1 is 0.969 bits per heavy atom. The summed E-state index contributed by atoms with van der Waals surface area (Å²) in [5, 5.41) is 0. The van der Waals surface area contributed by atoms with E-state index in [1.165, 1.54) is 18.1 Å². The summed E-state index contributed by atoms with van der Waals surface area (Å²) in [5.41, 5.74) is 2.33. The lowest BCUT2D eigenvalue weighted by Crippen LogP contribution is -2.32. The number of methoxy groups -OCH3 is 1. The minimum Gasteiger partial charge on any atom is -0.497 e. The highest BCUT2D eigenvalue weighted by Crippen LogP contribution is 2.51. The Bertz CT molecular complexity index is 1020. The van der Waals surface area contributed by atoms with Crippen LogP contribution in [0.15, 0.2) is 48.0 Å². The van der Waals surface area contributed by atoms with Crippen LogP contribution in [0, 0.1) is 23.7 Å². The van der Waals surface area contributed by atoms with Gasteiger partial charge in [-0.15, -0.1) is 0 Å². The highest BCUT2D eigenvalue weighted by atomic mass is 19.4. The summed E-state index contributed by atoms with van der Waals surface area (Å²) in [6.45, 7) is 4.49. The molecule has 4 rings (SSSR count). The Kier molecular flexibility index (Phi) is 6.19. The van der Waals surface area contributed by atoms with E-state index in [0.717, 1.165) is 36.5 Å². The van der Waals surface area contributed by atoms with E-state index in [1.807, 2.05) is 24.3 Å². The van der Waals surface area contributed by atoms with Crippen LogP contribution in [0.25, 0.3) is 5.57 Å². The van der Waals surface area contributed by atoms with Crippen molar-refractivity contribution >= 4 is 11.9 Å². The number of ether oxygens (including phenoxy) is 1. The van der Waals surface area contributed by atoms with E-state index in [-0.39, 0.29) is 11.8 Å². The fraction of sp³-hybridized carbons (Fsp3) is 0.444. The predicted molar refractivity (Wildman–Crippen MR) is 120 cm³/mol. The van der Waals surface area contributed by atoms with E-state index in [9.17, 15) is 18.0 Å². The van der Waals surface area contributed by atoms with E-state index in [2.05, 4.69) is 13.8 Å². The van der Waals surface area contributed by atoms with Crippen molar-refractivity contribution in [2.24, 2.45) is 23.7 Å². The van der Waals surface area contributed by atoms with Crippen LogP contribution in [0.4, 0.5) is 13.2 Å². The average Bonchev–Trinajstić information content (AvgIpc) is 2.75. The zero-order valence-corrected chi connectivity index (χ0v) is 18.7. The van der Waals surface area contributed by atoms with Gasteiger partial charge in [-0.25, -0.2) is 0 Å². The van der Waals surface area contributed by atoms with Crippen LogP contribution in [0.2, 0.25) is 0 Å².